The van der Waals surface area contributed by atoms with Crippen molar-refractivity contribution in [3.05, 3.63) is 47.8 Å². The monoisotopic (exact) mass is 242 g/mol. The Balaban J connectivity index is 2.27. The van der Waals surface area contributed by atoms with Gasteiger partial charge in [0.2, 0.25) is 0 Å². The second-order valence-electron chi connectivity index (χ2n) is 3.85. The standard InChI is InChI=1S/C14H10O2S/c15-9-5-6-10(13(16)7-9)12-8-17-14-4-2-1-3-11(12)14/h1-8,15-16H. The van der Waals surface area contributed by atoms with Crippen LogP contribution in [0.25, 0.3) is 21.2 Å². The molecule has 84 valence electrons. The van der Waals surface area contributed by atoms with Gasteiger partial charge in [-0.15, -0.1) is 11.3 Å². The number of aromatic hydroxyl groups is 2. The molecule has 0 aliphatic rings. The van der Waals surface area contributed by atoms with Crippen LogP contribution in [0.4, 0.5) is 0 Å². The predicted molar refractivity (Wildman–Crippen MR) is 70.6 cm³/mol. The average molecular weight is 242 g/mol. The molecule has 0 radical (unpaired) electrons. The summed E-state index contributed by atoms with van der Waals surface area (Å²) >= 11 is 1.65. The van der Waals surface area contributed by atoms with Gasteiger partial charge in [-0.25, -0.2) is 0 Å². The Morgan fingerprint density at radius 1 is 0.882 bits per heavy atom. The Labute approximate surface area is 102 Å². The van der Waals surface area contributed by atoms with E-state index in [4.69, 9.17) is 0 Å². The number of hydrogen-bond donors (Lipinski definition) is 2. The summed E-state index contributed by atoms with van der Waals surface area (Å²) in [4.78, 5) is 0. The van der Waals surface area contributed by atoms with Gasteiger partial charge in [-0.1, -0.05) is 18.2 Å². The van der Waals surface area contributed by atoms with Crippen LogP contribution in [0.3, 0.4) is 0 Å². The lowest BCUT2D eigenvalue weighted by Gasteiger charge is -2.03. The van der Waals surface area contributed by atoms with E-state index < -0.39 is 0 Å². The van der Waals surface area contributed by atoms with Gasteiger partial charge in [0.1, 0.15) is 11.5 Å². The number of phenols is 2. The first kappa shape index (κ1) is 10.2. The van der Waals surface area contributed by atoms with Gasteiger partial charge in [0.05, 0.1) is 0 Å². The van der Waals surface area contributed by atoms with E-state index in [1.54, 1.807) is 23.5 Å². The molecule has 0 atom stereocenters. The summed E-state index contributed by atoms with van der Waals surface area (Å²) in [5, 5.41) is 22.3. The molecule has 0 aliphatic carbocycles. The molecular weight excluding hydrogens is 232 g/mol. The van der Waals surface area contributed by atoms with Crippen LogP contribution in [0.5, 0.6) is 11.5 Å². The third kappa shape index (κ3) is 1.65. The van der Waals surface area contributed by atoms with Crippen molar-refractivity contribution in [3.63, 3.8) is 0 Å². The fraction of sp³-hybridized carbons (Fsp3) is 0. The number of phenolic OH excluding ortho intramolecular Hbond substituents is 2. The molecule has 0 spiro atoms. The Hall–Kier alpha value is -2.00. The summed E-state index contributed by atoms with van der Waals surface area (Å²) < 4.78 is 1.19. The normalized spacial score (nSPS) is 10.8. The first-order valence-electron chi connectivity index (χ1n) is 5.24. The smallest absolute Gasteiger partial charge is 0.127 e. The summed E-state index contributed by atoms with van der Waals surface area (Å²) in [6.45, 7) is 0. The van der Waals surface area contributed by atoms with Crippen molar-refractivity contribution in [2.24, 2.45) is 0 Å². The van der Waals surface area contributed by atoms with E-state index in [2.05, 4.69) is 6.07 Å². The van der Waals surface area contributed by atoms with Crippen LogP contribution < -0.4 is 0 Å². The van der Waals surface area contributed by atoms with Crippen molar-refractivity contribution in [2.45, 2.75) is 0 Å². The molecule has 0 fully saturated rings. The van der Waals surface area contributed by atoms with Crippen molar-refractivity contribution < 1.29 is 10.2 Å². The number of hydrogen-bond acceptors (Lipinski definition) is 3. The lowest BCUT2D eigenvalue weighted by Crippen LogP contribution is -1.77. The Bertz CT molecular complexity index is 686. The second kappa shape index (κ2) is 3.79. The maximum atomic E-state index is 9.87. The number of thiophene rings is 1. The highest BCUT2D eigenvalue weighted by molar-refractivity contribution is 7.17. The number of fused-ring (bicyclic) bond motifs is 1. The quantitative estimate of drug-likeness (QED) is 0.677. The molecule has 1 aromatic heterocycles. The summed E-state index contributed by atoms with van der Waals surface area (Å²) in [5.74, 6) is 0.180. The molecule has 3 heteroatoms. The minimum atomic E-state index is 0.0748. The Morgan fingerprint density at radius 2 is 1.71 bits per heavy atom. The van der Waals surface area contributed by atoms with Gasteiger partial charge in [0.25, 0.3) is 0 Å². The minimum Gasteiger partial charge on any atom is -0.508 e. The zero-order valence-electron chi connectivity index (χ0n) is 8.92. The van der Waals surface area contributed by atoms with Crippen LogP contribution >= 0.6 is 11.3 Å². The molecule has 0 aliphatic heterocycles. The zero-order chi connectivity index (χ0) is 11.8. The predicted octanol–water partition coefficient (Wildman–Crippen LogP) is 3.98. The van der Waals surface area contributed by atoms with E-state index >= 15 is 0 Å². The van der Waals surface area contributed by atoms with Crippen LogP contribution in [-0.2, 0) is 0 Å². The van der Waals surface area contributed by atoms with E-state index in [0.29, 0.717) is 0 Å². The first-order chi connectivity index (χ1) is 8.25. The van der Waals surface area contributed by atoms with Gasteiger partial charge in [-0.2, -0.15) is 0 Å². The van der Waals surface area contributed by atoms with Crippen LogP contribution in [0.15, 0.2) is 47.8 Å². The summed E-state index contributed by atoms with van der Waals surface area (Å²) in [6, 6.07) is 12.8. The maximum Gasteiger partial charge on any atom is 0.127 e. The van der Waals surface area contributed by atoms with Crippen molar-refractivity contribution >= 4 is 21.4 Å². The number of rotatable bonds is 1. The molecule has 2 nitrogen and oxygen atoms in total. The largest absolute Gasteiger partial charge is 0.508 e. The highest BCUT2D eigenvalue weighted by atomic mass is 32.1. The molecule has 3 rings (SSSR count). The number of benzene rings is 2. The van der Waals surface area contributed by atoms with Gasteiger partial charge in [-0.05, 0) is 23.6 Å². The van der Waals surface area contributed by atoms with E-state index in [-0.39, 0.29) is 11.5 Å². The SMILES string of the molecule is Oc1ccc(-c2csc3ccccc23)c(O)c1. The van der Waals surface area contributed by atoms with E-state index in [1.807, 2.05) is 23.6 Å². The molecule has 2 N–H and O–H groups in total. The molecule has 0 saturated heterocycles. The second-order valence-corrected chi connectivity index (χ2v) is 4.76. The van der Waals surface area contributed by atoms with Gasteiger partial charge in [0, 0.05) is 27.3 Å². The van der Waals surface area contributed by atoms with Crippen LogP contribution in [0.2, 0.25) is 0 Å². The lowest BCUT2D eigenvalue weighted by atomic mass is 10.0. The molecule has 0 unspecified atom stereocenters. The van der Waals surface area contributed by atoms with Crippen molar-refractivity contribution in [1.29, 1.82) is 0 Å². The summed E-state index contributed by atoms with van der Waals surface area (Å²) in [7, 11) is 0. The van der Waals surface area contributed by atoms with Gasteiger partial charge in [0.15, 0.2) is 0 Å². The fourth-order valence-electron chi connectivity index (χ4n) is 1.93. The third-order valence-corrected chi connectivity index (χ3v) is 3.72. The summed E-state index contributed by atoms with van der Waals surface area (Å²) in [5.41, 5.74) is 1.75. The Morgan fingerprint density at radius 3 is 2.53 bits per heavy atom. The van der Waals surface area contributed by atoms with Crippen molar-refractivity contribution in [2.75, 3.05) is 0 Å². The van der Waals surface area contributed by atoms with Crippen LogP contribution in [0, 0.1) is 0 Å². The molecule has 1 heterocycles. The van der Waals surface area contributed by atoms with E-state index in [0.717, 1.165) is 16.5 Å². The highest BCUT2D eigenvalue weighted by Crippen LogP contribution is 2.39. The third-order valence-electron chi connectivity index (χ3n) is 2.75. The lowest BCUT2D eigenvalue weighted by molar-refractivity contribution is 0.452. The Kier molecular flexibility index (Phi) is 2.27. The molecular formula is C14H10O2S. The summed E-state index contributed by atoms with van der Waals surface area (Å²) in [6.07, 6.45) is 0. The molecule has 17 heavy (non-hydrogen) atoms. The minimum absolute atomic E-state index is 0.0748. The molecule has 0 saturated carbocycles. The molecule has 0 bridgehead atoms. The average Bonchev–Trinajstić information content (AvgIpc) is 2.73. The zero-order valence-corrected chi connectivity index (χ0v) is 9.74. The molecule has 0 amide bonds. The van der Waals surface area contributed by atoms with Gasteiger partial charge < -0.3 is 10.2 Å². The van der Waals surface area contributed by atoms with Gasteiger partial charge in [-0.3, -0.25) is 0 Å². The highest BCUT2D eigenvalue weighted by Gasteiger charge is 2.10. The fourth-order valence-corrected chi connectivity index (χ4v) is 2.90. The molecule has 3 aromatic rings. The van der Waals surface area contributed by atoms with Gasteiger partial charge >= 0.3 is 0 Å². The van der Waals surface area contributed by atoms with Crippen molar-refractivity contribution in [3.8, 4) is 22.6 Å². The maximum absolute atomic E-state index is 9.87. The van der Waals surface area contributed by atoms with Crippen molar-refractivity contribution in [1.82, 2.24) is 0 Å². The first-order valence-corrected chi connectivity index (χ1v) is 6.12. The van der Waals surface area contributed by atoms with E-state index in [9.17, 15) is 10.2 Å². The van der Waals surface area contributed by atoms with E-state index in [1.165, 1.54) is 10.8 Å². The topological polar surface area (TPSA) is 40.5 Å². The molecule has 2 aromatic carbocycles. The van der Waals surface area contributed by atoms with Crippen LogP contribution in [0.1, 0.15) is 0 Å². The van der Waals surface area contributed by atoms with Crippen LogP contribution in [-0.4, -0.2) is 10.2 Å².